The number of hydrogen-bond acceptors (Lipinski definition) is 2. The lowest BCUT2D eigenvalue weighted by Crippen LogP contribution is -2.25. The Morgan fingerprint density at radius 1 is 1.37 bits per heavy atom. The minimum absolute atomic E-state index is 0.139. The summed E-state index contributed by atoms with van der Waals surface area (Å²) in [5, 5.41) is 2.95. The Hall–Kier alpha value is -1.84. The molecule has 0 bridgehead atoms. The first-order valence-corrected chi connectivity index (χ1v) is 6.89. The number of carbonyl (C=O) groups is 1. The van der Waals surface area contributed by atoms with Gasteiger partial charge in [0, 0.05) is 26.4 Å². The number of imidazole rings is 1. The Morgan fingerprint density at radius 3 is 2.89 bits per heavy atom. The lowest BCUT2D eigenvalue weighted by molar-refractivity contribution is -0.121. The molecule has 2 rings (SSSR count). The first kappa shape index (κ1) is 13.6. The van der Waals surface area contributed by atoms with Crippen molar-refractivity contribution in [2.75, 3.05) is 6.54 Å². The first-order valence-electron chi connectivity index (χ1n) is 6.89. The third-order valence-electron chi connectivity index (χ3n) is 3.31. The van der Waals surface area contributed by atoms with Gasteiger partial charge in [-0.3, -0.25) is 4.79 Å². The predicted molar refractivity (Wildman–Crippen MR) is 77.0 cm³/mol. The number of hydrogen-bond donors (Lipinski definition) is 1. The molecule has 1 aromatic carbocycles. The van der Waals surface area contributed by atoms with E-state index in [1.54, 1.807) is 0 Å². The van der Waals surface area contributed by atoms with Crippen LogP contribution in [0.15, 0.2) is 24.3 Å². The molecule has 0 atom stereocenters. The van der Waals surface area contributed by atoms with Crippen LogP contribution >= 0.6 is 0 Å². The molecule has 0 spiro atoms. The van der Waals surface area contributed by atoms with Gasteiger partial charge in [-0.2, -0.15) is 0 Å². The molecule has 1 N–H and O–H groups in total. The van der Waals surface area contributed by atoms with Crippen LogP contribution in [0.4, 0.5) is 0 Å². The minimum atomic E-state index is 0.139. The summed E-state index contributed by atoms with van der Waals surface area (Å²) in [4.78, 5) is 16.1. The molecule has 0 radical (unpaired) electrons. The largest absolute Gasteiger partial charge is 0.356 e. The molecule has 4 nitrogen and oxygen atoms in total. The molecular weight excluding hydrogens is 238 g/mol. The summed E-state index contributed by atoms with van der Waals surface area (Å²) in [5.74, 6) is 1.15. The van der Waals surface area contributed by atoms with E-state index in [0.29, 0.717) is 13.0 Å². The molecule has 1 aromatic heterocycles. The molecule has 2 aromatic rings. The van der Waals surface area contributed by atoms with Gasteiger partial charge in [-0.15, -0.1) is 0 Å². The smallest absolute Gasteiger partial charge is 0.220 e. The molecule has 0 fully saturated rings. The summed E-state index contributed by atoms with van der Waals surface area (Å²) in [6.45, 7) is 2.74. The van der Waals surface area contributed by atoms with Crippen molar-refractivity contribution in [3.05, 3.63) is 30.1 Å². The molecule has 4 heteroatoms. The van der Waals surface area contributed by atoms with Gasteiger partial charge in [-0.05, 0) is 18.6 Å². The zero-order valence-corrected chi connectivity index (χ0v) is 11.6. The van der Waals surface area contributed by atoms with Gasteiger partial charge in [0.05, 0.1) is 11.0 Å². The fourth-order valence-corrected chi connectivity index (χ4v) is 2.16. The van der Waals surface area contributed by atoms with E-state index in [2.05, 4.69) is 27.9 Å². The third kappa shape index (κ3) is 3.34. The van der Waals surface area contributed by atoms with E-state index >= 15 is 0 Å². The average Bonchev–Trinajstić information content (AvgIpc) is 2.74. The van der Waals surface area contributed by atoms with Crippen molar-refractivity contribution in [3.8, 4) is 0 Å². The van der Waals surface area contributed by atoms with E-state index in [0.717, 1.165) is 36.1 Å². The SMILES string of the molecule is CCCCC(=O)NCCc1nc2ccccc2n1C. The molecule has 0 aliphatic heterocycles. The van der Waals surface area contributed by atoms with Gasteiger partial charge in [-0.1, -0.05) is 25.5 Å². The number of amides is 1. The Bertz CT molecular complexity index is 560. The Balaban J connectivity index is 1.91. The molecule has 0 unspecified atom stereocenters. The highest BCUT2D eigenvalue weighted by molar-refractivity contribution is 5.76. The van der Waals surface area contributed by atoms with Crippen molar-refractivity contribution in [3.63, 3.8) is 0 Å². The van der Waals surface area contributed by atoms with Crippen LogP contribution in [0.2, 0.25) is 0 Å². The summed E-state index contributed by atoms with van der Waals surface area (Å²) in [6.07, 6.45) is 3.40. The van der Waals surface area contributed by atoms with Crippen molar-refractivity contribution >= 4 is 16.9 Å². The average molecular weight is 259 g/mol. The lowest BCUT2D eigenvalue weighted by Gasteiger charge is -2.05. The molecule has 1 amide bonds. The van der Waals surface area contributed by atoms with Crippen molar-refractivity contribution in [1.29, 1.82) is 0 Å². The standard InChI is InChI=1S/C15H21N3O/c1-3-4-9-15(19)16-11-10-14-17-12-7-5-6-8-13(12)18(14)2/h5-8H,3-4,9-11H2,1-2H3,(H,16,19). The Kier molecular flexibility index (Phi) is 4.55. The second-order valence-corrected chi connectivity index (χ2v) is 4.78. The summed E-state index contributed by atoms with van der Waals surface area (Å²) in [5.41, 5.74) is 2.15. The molecule has 1 heterocycles. The molecule has 0 aliphatic rings. The maximum atomic E-state index is 11.5. The number of benzene rings is 1. The highest BCUT2D eigenvalue weighted by Crippen LogP contribution is 2.14. The maximum absolute atomic E-state index is 11.5. The number of nitrogens with one attached hydrogen (secondary N) is 1. The molecular formula is C15H21N3O. The van der Waals surface area contributed by atoms with Crippen LogP contribution < -0.4 is 5.32 Å². The van der Waals surface area contributed by atoms with Gasteiger partial charge >= 0.3 is 0 Å². The van der Waals surface area contributed by atoms with Crippen LogP contribution in [0.3, 0.4) is 0 Å². The van der Waals surface area contributed by atoms with Gasteiger partial charge in [0.1, 0.15) is 5.82 Å². The minimum Gasteiger partial charge on any atom is -0.356 e. The number of unbranched alkanes of at least 4 members (excludes halogenated alkanes) is 1. The lowest BCUT2D eigenvalue weighted by atomic mass is 10.2. The summed E-state index contributed by atoms with van der Waals surface area (Å²) in [7, 11) is 2.02. The van der Waals surface area contributed by atoms with Crippen LogP contribution in [-0.4, -0.2) is 22.0 Å². The second kappa shape index (κ2) is 6.36. The first-order chi connectivity index (χ1) is 9.22. The fraction of sp³-hybridized carbons (Fsp3) is 0.467. The van der Waals surface area contributed by atoms with Crippen molar-refractivity contribution in [2.45, 2.75) is 32.6 Å². The van der Waals surface area contributed by atoms with E-state index in [1.807, 2.05) is 25.2 Å². The van der Waals surface area contributed by atoms with Crippen LogP contribution in [-0.2, 0) is 18.3 Å². The highest BCUT2D eigenvalue weighted by atomic mass is 16.1. The predicted octanol–water partition coefficient (Wildman–Crippen LogP) is 2.42. The maximum Gasteiger partial charge on any atom is 0.220 e. The van der Waals surface area contributed by atoms with Gasteiger partial charge in [0.15, 0.2) is 0 Å². The van der Waals surface area contributed by atoms with Gasteiger partial charge in [0.2, 0.25) is 5.91 Å². The molecule has 0 aliphatic carbocycles. The van der Waals surface area contributed by atoms with Gasteiger partial charge in [0.25, 0.3) is 0 Å². The van der Waals surface area contributed by atoms with Crippen LogP contribution in [0.25, 0.3) is 11.0 Å². The normalized spacial score (nSPS) is 10.8. The number of carbonyl (C=O) groups excluding carboxylic acids is 1. The summed E-state index contributed by atoms with van der Waals surface area (Å²) >= 11 is 0. The molecule has 102 valence electrons. The van der Waals surface area contributed by atoms with E-state index in [4.69, 9.17) is 0 Å². The molecule has 19 heavy (non-hydrogen) atoms. The number of nitrogens with zero attached hydrogens (tertiary/aromatic N) is 2. The van der Waals surface area contributed by atoms with E-state index in [-0.39, 0.29) is 5.91 Å². The second-order valence-electron chi connectivity index (χ2n) is 4.78. The van der Waals surface area contributed by atoms with Crippen LogP contribution in [0.5, 0.6) is 0 Å². The van der Waals surface area contributed by atoms with Crippen LogP contribution in [0.1, 0.15) is 32.0 Å². The number of fused-ring (bicyclic) bond motifs is 1. The number of para-hydroxylation sites is 2. The monoisotopic (exact) mass is 259 g/mol. The third-order valence-corrected chi connectivity index (χ3v) is 3.31. The summed E-state index contributed by atoms with van der Waals surface area (Å²) < 4.78 is 2.09. The number of aryl methyl sites for hydroxylation is 1. The Labute approximate surface area is 113 Å². The summed E-state index contributed by atoms with van der Waals surface area (Å²) in [6, 6.07) is 8.08. The van der Waals surface area contributed by atoms with E-state index in [9.17, 15) is 4.79 Å². The molecule has 0 saturated carbocycles. The topological polar surface area (TPSA) is 46.9 Å². The van der Waals surface area contributed by atoms with E-state index < -0.39 is 0 Å². The zero-order chi connectivity index (χ0) is 13.7. The number of rotatable bonds is 6. The Morgan fingerprint density at radius 2 is 2.16 bits per heavy atom. The van der Waals surface area contributed by atoms with E-state index in [1.165, 1.54) is 0 Å². The highest BCUT2D eigenvalue weighted by Gasteiger charge is 2.07. The fourth-order valence-electron chi connectivity index (χ4n) is 2.16. The van der Waals surface area contributed by atoms with Crippen molar-refractivity contribution in [2.24, 2.45) is 7.05 Å². The zero-order valence-electron chi connectivity index (χ0n) is 11.6. The quantitative estimate of drug-likeness (QED) is 0.866. The van der Waals surface area contributed by atoms with Gasteiger partial charge in [-0.25, -0.2) is 4.98 Å². The number of aromatic nitrogens is 2. The molecule has 0 saturated heterocycles. The van der Waals surface area contributed by atoms with Gasteiger partial charge < -0.3 is 9.88 Å². The van der Waals surface area contributed by atoms with Crippen molar-refractivity contribution in [1.82, 2.24) is 14.9 Å². The van der Waals surface area contributed by atoms with Crippen LogP contribution in [0, 0.1) is 0 Å². The van der Waals surface area contributed by atoms with Crippen molar-refractivity contribution < 1.29 is 4.79 Å².